The number of rotatable bonds is 7. The van der Waals surface area contributed by atoms with Gasteiger partial charge < -0.3 is 20.5 Å². The predicted molar refractivity (Wildman–Crippen MR) is 143 cm³/mol. The smallest absolute Gasteiger partial charge is 0.408 e. The fourth-order valence-corrected chi connectivity index (χ4v) is 5.11. The lowest BCUT2D eigenvalue weighted by atomic mass is 9.97. The van der Waals surface area contributed by atoms with E-state index in [0.29, 0.717) is 24.1 Å². The van der Waals surface area contributed by atoms with Gasteiger partial charge in [-0.1, -0.05) is 24.3 Å². The van der Waals surface area contributed by atoms with Crippen molar-refractivity contribution in [1.82, 2.24) is 19.5 Å². The highest BCUT2D eigenvalue weighted by atomic mass is 19.4. The second kappa shape index (κ2) is 10.7. The summed E-state index contributed by atoms with van der Waals surface area (Å²) in [5.74, 6) is -1.40. The Kier molecular flexibility index (Phi) is 7.55. The number of esters is 1. The van der Waals surface area contributed by atoms with Gasteiger partial charge >= 0.3 is 12.1 Å². The summed E-state index contributed by atoms with van der Waals surface area (Å²) in [6.07, 6.45) is -1.87. The van der Waals surface area contributed by atoms with Crippen LogP contribution < -0.4 is 11.1 Å². The highest BCUT2D eigenvalue weighted by Crippen LogP contribution is 2.43. The highest BCUT2D eigenvalue weighted by molar-refractivity contribution is 5.75. The quantitative estimate of drug-likeness (QED) is 0.232. The first-order valence-corrected chi connectivity index (χ1v) is 13.3. The van der Waals surface area contributed by atoms with Crippen molar-refractivity contribution in [3.05, 3.63) is 65.4 Å². The maximum atomic E-state index is 16.1. The third-order valence-electron chi connectivity index (χ3n) is 7.18. The molecule has 0 aliphatic carbocycles. The number of para-hydroxylation sites is 1. The Morgan fingerprint density at radius 1 is 1.17 bits per heavy atom. The number of pyridine rings is 1. The van der Waals surface area contributed by atoms with Crippen LogP contribution in [0.4, 0.5) is 23.2 Å². The van der Waals surface area contributed by atoms with Crippen molar-refractivity contribution in [2.75, 3.05) is 25.1 Å². The molecule has 41 heavy (non-hydrogen) atoms. The molecule has 0 saturated carbocycles. The molecule has 9 nitrogen and oxygen atoms in total. The van der Waals surface area contributed by atoms with E-state index in [-0.39, 0.29) is 36.8 Å². The number of alkyl halides is 3. The van der Waals surface area contributed by atoms with Gasteiger partial charge in [0.15, 0.2) is 17.3 Å². The minimum absolute atomic E-state index is 0.0988. The number of nitrogens with zero attached hydrogens (tertiary/aromatic N) is 4. The molecule has 1 fully saturated rings. The normalized spacial score (nSPS) is 22.2. The molecular weight excluding hydrogens is 544 g/mol. The first-order valence-electron chi connectivity index (χ1n) is 13.3. The van der Waals surface area contributed by atoms with Crippen LogP contribution in [0.15, 0.2) is 48.4 Å². The van der Waals surface area contributed by atoms with Gasteiger partial charge in [-0.15, -0.1) is 10.2 Å². The Morgan fingerprint density at radius 2 is 1.93 bits per heavy atom. The van der Waals surface area contributed by atoms with Crippen LogP contribution in [0, 0.1) is 5.41 Å². The van der Waals surface area contributed by atoms with Crippen molar-refractivity contribution in [1.29, 1.82) is 0 Å². The first-order chi connectivity index (χ1) is 19.3. The SMILES string of the molecule is CC(C)(C)C(=O)OCCOC1(c2nnc3ccc([C@@H](N4CCC[C@H]4N)C(F)(F)F)cn23)Nc2ccccc2C=C1F. The number of benzene rings is 1. The molecule has 1 aromatic carbocycles. The van der Waals surface area contributed by atoms with Gasteiger partial charge in [-0.2, -0.15) is 13.2 Å². The number of carbonyl (C=O) groups is 1. The van der Waals surface area contributed by atoms with Gasteiger partial charge in [0.1, 0.15) is 12.6 Å². The third kappa shape index (κ3) is 5.53. The molecule has 0 bridgehead atoms. The van der Waals surface area contributed by atoms with E-state index in [1.165, 1.54) is 33.7 Å². The van der Waals surface area contributed by atoms with Crippen LogP contribution >= 0.6 is 0 Å². The summed E-state index contributed by atoms with van der Waals surface area (Å²) in [5, 5.41) is 11.3. The van der Waals surface area contributed by atoms with Gasteiger partial charge in [-0.05, 0) is 57.4 Å². The summed E-state index contributed by atoms with van der Waals surface area (Å²) in [6.45, 7) is 4.84. The van der Waals surface area contributed by atoms with Crippen LogP contribution in [-0.4, -0.2) is 57.6 Å². The number of likely N-dealkylation sites (tertiary alicyclic amines) is 1. The molecule has 3 N–H and O–H groups in total. The van der Waals surface area contributed by atoms with Crippen molar-refractivity contribution in [2.45, 2.75) is 57.7 Å². The molecule has 0 spiro atoms. The Labute approximate surface area is 234 Å². The summed E-state index contributed by atoms with van der Waals surface area (Å²) in [6, 6.07) is 7.63. The zero-order valence-corrected chi connectivity index (χ0v) is 22.9. The van der Waals surface area contributed by atoms with Gasteiger partial charge in [0, 0.05) is 24.0 Å². The summed E-state index contributed by atoms with van der Waals surface area (Å²) >= 11 is 0. The van der Waals surface area contributed by atoms with E-state index in [1.807, 2.05) is 0 Å². The Hall–Kier alpha value is -3.55. The van der Waals surface area contributed by atoms with Crippen molar-refractivity contribution in [3.63, 3.8) is 0 Å². The molecule has 5 rings (SSSR count). The van der Waals surface area contributed by atoms with Crippen molar-refractivity contribution in [2.24, 2.45) is 11.1 Å². The van der Waals surface area contributed by atoms with Crippen molar-refractivity contribution < 1.29 is 31.8 Å². The maximum Gasteiger partial charge on any atom is 0.408 e. The minimum Gasteiger partial charge on any atom is -0.463 e. The summed E-state index contributed by atoms with van der Waals surface area (Å²) in [7, 11) is 0. The van der Waals surface area contributed by atoms with Gasteiger partial charge in [-0.25, -0.2) is 4.39 Å². The van der Waals surface area contributed by atoms with E-state index in [2.05, 4.69) is 15.5 Å². The third-order valence-corrected chi connectivity index (χ3v) is 7.18. The van der Waals surface area contributed by atoms with Gasteiger partial charge in [0.25, 0.3) is 5.72 Å². The maximum absolute atomic E-state index is 16.1. The average molecular weight is 577 g/mol. The van der Waals surface area contributed by atoms with Gasteiger partial charge in [-0.3, -0.25) is 14.1 Å². The molecular formula is C28H32F4N6O3. The van der Waals surface area contributed by atoms with E-state index in [1.54, 1.807) is 45.0 Å². The van der Waals surface area contributed by atoms with Gasteiger partial charge in [0.2, 0.25) is 0 Å². The number of aromatic nitrogens is 3. The molecule has 13 heteroatoms. The monoisotopic (exact) mass is 576 g/mol. The zero-order chi connectivity index (χ0) is 29.6. The van der Waals surface area contributed by atoms with E-state index >= 15 is 4.39 Å². The number of nitrogens with one attached hydrogen (secondary N) is 1. The van der Waals surface area contributed by atoms with E-state index in [9.17, 15) is 18.0 Å². The van der Waals surface area contributed by atoms with Crippen LogP contribution in [-0.2, 0) is 20.0 Å². The van der Waals surface area contributed by atoms with E-state index < -0.39 is 41.3 Å². The number of hydrogen-bond donors (Lipinski definition) is 2. The molecule has 1 saturated heterocycles. The van der Waals surface area contributed by atoms with E-state index in [0.717, 1.165) is 0 Å². The lowest BCUT2D eigenvalue weighted by Crippen LogP contribution is -2.45. The Balaban J connectivity index is 1.56. The molecule has 2 aliphatic heterocycles. The lowest BCUT2D eigenvalue weighted by molar-refractivity contribution is -0.188. The Bertz CT molecular complexity index is 1470. The number of anilines is 1. The predicted octanol–water partition coefficient (Wildman–Crippen LogP) is 4.91. The summed E-state index contributed by atoms with van der Waals surface area (Å²) in [4.78, 5) is 13.5. The molecule has 220 valence electrons. The standard InChI is InChI=1S/C28H32F4N6O3/c1-26(2,3)25(39)40-13-14-41-27(20(29)15-17-7-4-5-8-19(17)34-27)24-36-35-22-11-10-18(16-38(22)24)23(28(30,31)32)37-12-6-9-21(37)33/h4-5,7-8,10-11,15-16,21,23,34H,6,9,12-14,33H2,1-3H3/t21-,23+,27?/m0/s1. The molecule has 4 heterocycles. The molecule has 0 radical (unpaired) electrons. The molecule has 3 atom stereocenters. The highest BCUT2D eigenvalue weighted by Gasteiger charge is 2.49. The fourth-order valence-electron chi connectivity index (χ4n) is 5.11. The molecule has 2 aromatic heterocycles. The number of halogens is 4. The van der Waals surface area contributed by atoms with E-state index in [4.69, 9.17) is 15.2 Å². The molecule has 1 unspecified atom stereocenters. The summed E-state index contributed by atoms with van der Waals surface area (Å²) in [5.41, 5.74) is 4.33. The van der Waals surface area contributed by atoms with Crippen LogP contribution in [0.25, 0.3) is 11.7 Å². The average Bonchev–Trinajstić information content (AvgIpc) is 3.51. The number of ether oxygens (including phenoxy) is 2. The number of nitrogens with two attached hydrogens (primary N) is 1. The largest absolute Gasteiger partial charge is 0.463 e. The Morgan fingerprint density at radius 3 is 2.61 bits per heavy atom. The van der Waals surface area contributed by atoms with Crippen molar-refractivity contribution in [3.8, 4) is 0 Å². The zero-order valence-electron chi connectivity index (χ0n) is 22.9. The topological polar surface area (TPSA) is 107 Å². The second-order valence-electron chi connectivity index (χ2n) is 11.2. The first kappa shape index (κ1) is 29.0. The number of fused-ring (bicyclic) bond motifs is 2. The molecule has 2 aliphatic rings. The van der Waals surface area contributed by atoms with Crippen LogP contribution in [0.2, 0.25) is 0 Å². The van der Waals surface area contributed by atoms with Crippen LogP contribution in [0.1, 0.15) is 56.6 Å². The lowest BCUT2D eigenvalue weighted by Gasteiger charge is -2.36. The second-order valence-corrected chi connectivity index (χ2v) is 11.2. The van der Waals surface area contributed by atoms with Crippen LogP contribution in [0.3, 0.4) is 0 Å². The molecule has 0 amide bonds. The van der Waals surface area contributed by atoms with Gasteiger partial charge in [0.05, 0.1) is 18.2 Å². The number of carbonyl (C=O) groups excluding carboxylic acids is 1. The number of hydrogen-bond acceptors (Lipinski definition) is 8. The molecule has 3 aromatic rings. The van der Waals surface area contributed by atoms with Crippen molar-refractivity contribution >= 4 is 23.4 Å². The minimum atomic E-state index is -4.62. The summed E-state index contributed by atoms with van der Waals surface area (Å²) < 4.78 is 71.8. The fraction of sp³-hybridized carbons (Fsp3) is 0.464. The van der Waals surface area contributed by atoms with Crippen LogP contribution in [0.5, 0.6) is 0 Å².